The summed E-state index contributed by atoms with van der Waals surface area (Å²) in [5.74, 6) is 1.22. The molecular weight excluding hydrogens is 160 g/mol. The lowest BCUT2D eigenvalue weighted by Gasteiger charge is -2.35. The summed E-state index contributed by atoms with van der Waals surface area (Å²) >= 11 is 0. The number of hydrogen-bond donors (Lipinski definition) is 1. The first-order valence-electron chi connectivity index (χ1n) is 5.62. The zero-order valence-electron chi connectivity index (χ0n) is 8.50. The minimum absolute atomic E-state index is 0.441. The third-order valence-electron chi connectivity index (χ3n) is 3.78. The summed E-state index contributed by atoms with van der Waals surface area (Å²) in [5.41, 5.74) is -0.441. The summed E-state index contributed by atoms with van der Waals surface area (Å²) in [6.45, 7) is 2.23. The van der Waals surface area contributed by atoms with Crippen molar-refractivity contribution in [3.63, 3.8) is 0 Å². The van der Waals surface area contributed by atoms with Crippen molar-refractivity contribution in [2.75, 3.05) is 0 Å². The fraction of sp³-hybridized carbons (Fsp3) is 0.833. The zero-order chi connectivity index (χ0) is 9.31. The van der Waals surface area contributed by atoms with Gasteiger partial charge in [0.1, 0.15) is 0 Å². The summed E-state index contributed by atoms with van der Waals surface area (Å²) in [6.07, 6.45) is 11.5. The van der Waals surface area contributed by atoms with Gasteiger partial charge in [-0.1, -0.05) is 31.9 Å². The number of aliphatic hydroxyl groups is 1. The Morgan fingerprint density at radius 3 is 2.46 bits per heavy atom. The molecule has 2 aliphatic carbocycles. The Morgan fingerprint density at radius 2 is 1.92 bits per heavy atom. The van der Waals surface area contributed by atoms with Crippen molar-refractivity contribution in [3.05, 3.63) is 12.2 Å². The fourth-order valence-corrected chi connectivity index (χ4v) is 2.74. The third-order valence-corrected chi connectivity index (χ3v) is 3.78. The van der Waals surface area contributed by atoms with Crippen LogP contribution in [-0.4, -0.2) is 10.7 Å². The molecule has 0 saturated heterocycles. The second-order valence-corrected chi connectivity index (χ2v) is 4.85. The van der Waals surface area contributed by atoms with Crippen LogP contribution < -0.4 is 0 Å². The number of allylic oxidation sites excluding steroid dienone is 1. The van der Waals surface area contributed by atoms with Crippen molar-refractivity contribution in [3.8, 4) is 0 Å². The molecule has 0 aromatic heterocycles. The van der Waals surface area contributed by atoms with Crippen LogP contribution in [0.25, 0.3) is 0 Å². The molecule has 13 heavy (non-hydrogen) atoms. The van der Waals surface area contributed by atoms with Crippen LogP contribution in [0.4, 0.5) is 0 Å². The van der Waals surface area contributed by atoms with Crippen molar-refractivity contribution in [2.45, 2.75) is 51.0 Å². The van der Waals surface area contributed by atoms with Crippen molar-refractivity contribution in [1.82, 2.24) is 0 Å². The van der Waals surface area contributed by atoms with E-state index in [4.69, 9.17) is 0 Å². The first-order valence-corrected chi connectivity index (χ1v) is 5.62. The molecule has 74 valence electrons. The molecule has 1 N–H and O–H groups in total. The van der Waals surface area contributed by atoms with Crippen molar-refractivity contribution in [2.24, 2.45) is 11.8 Å². The van der Waals surface area contributed by atoms with Crippen LogP contribution >= 0.6 is 0 Å². The molecule has 2 rings (SSSR count). The average Bonchev–Trinajstić information content (AvgIpc) is 2.63. The highest BCUT2D eigenvalue weighted by atomic mass is 16.3. The van der Waals surface area contributed by atoms with E-state index in [1.807, 2.05) is 0 Å². The molecule has 2 unspecified atom stereocenters. The highest BCUT2D eigenvalue weighted by Crippen LogP contribution is 2.40. The maximum atomic E-state index is 10.4. The largest absolute Gasteiger partial charge is 0.386 e. The molecule has 0 amide bonds. The van der Waals surface area contributed by atoms with Gasteiger partial charge in [-0.15, -0.1) is 0 Å². The van der Waals surface area contributed by atoms with Crippen LogP contribution in [0.5, 0.6) is 0 Å². The first kappa shape index (κ1) is 9.26. The summed E-state index contributed by atoms with van der Waals surface area (Å²) < 4.78 is 0. The molecule has 0 aliphatic heterocycles. The first-order chi connectivity index (χ1) is 6.21. The van der Waals surface area contributed by atoms with Gasteiger partial charge < -0.3 is 5.11 Å². The van der Waals surface area contributed by atoms with E-state index in [-0.39, 0.29) is 0 Å². The lowest BCUT2D eigenvalue weighted by Crippen LogP contribution is -2.36. The van der Waals surface area contributed by atoms with E-state index in [0.717, 1.165) is 12.8 Å². The molecule has 0 aromatic rings. The molecule has 0 bridgehead atoms. The predicted octanol–water partition coefficient (Wildman–Crippen LogP) is 2.89. The maximum Gasteiger partial charge on any atom is 0.0856 e. The minimum Gasteiger partial charge on any atom is -0.386 e. The molecule has 1 saturated carbocycles. The molecule has 1 fully saturated rings. The normalized spacial score (nSPS) is 41.2. The molecule has 1 nitrogen and oxygen atoms in total. The van der Waals surface area contributed by atoms with E-state index in [1.54, 1.807) is 0 Å². The highest BCUT2D eigenvalue weighted by Gasteiger charge is 2.37. The predicted molar refractivity (Wildman–Crippen MR) is 54.4 cm³/mol. The SMILES string of the molecule is CC1C=CC(O)(C2CCCC2)CC1. The van der Waals surface area contributed by atoms with Gasteiger partial charge in [-0.3, -0.25) is 0 Å². The van der Waals surface area contributed by atoms with Gasteiger partial charge in [-0.25, -0.2) is 0 Å². The van der Waals surface area contributed by atoms with Crippen molar-refractivity contribution in [1.29, 1.82) is 0 Å². The molecule has 0 aromatic carbocycles. The Hall–Kier alpha value is -0.300. The van der Waals surface area contributed by atoms with Gasteiger partial charge in [-0.2, -0.15) is 0 Å². The second-order valence-electron chi connectivity index (χ2n) is 4.85. The standard InChI is InChI=1S/C12H20O/c1-10-6-8-12(13,9-7-10)11-4-2-3-5-11/h6,8,10-11,13H,2-5,7,9H2,1H3. The van der Waals surface area contributed by atoms with Gasteiger partial charge in [0, 0.05) is 0 Å². The quantitative estimate of drug-likeness (QED) is 0.615. The van der Waals surface area contributed by atoms with E-state index in [1.165, 1.54) is 25.7 Å². The maximum absolute atomic E-state index is 10.4. The topological polar surface area (TPSA) is 20.2 Å². The van der Waals surface area contributed by atoms with E-state index in [0.29, 0.717) is 11.8 Å². The monoisotopic (exact) mass is 180 g/mol. The lowest BCUT2D eigenvalue weighted by atomic mass is 9.77. The Balaban J connectivity index is 2.06. The molecule has 0 radical (unpaired) electrons. The zero-order valence-corrected chi connectivity index (χ0v) is 8.50. The highest BCUT2D eigenvalue weighted by molar-refractivity contribution is 5.10. The summed E-state index contributed by atoms with van der Waals surface area (Å²) in [7, 11) is 0. The second kappa shape index (κ2) is 3.45. The van der Waals surface area contributed by atoms with E-state index in [9.17, 15) is 5.11 Å². The Labute approximate surface area is 80.8 Å². The molecule has 0 heterocycles. The van der Waals surface area contributed by atoms with E-state index >= 15 is 0 Å². The average molecular weight is 180 g/mol. The Kier molecular flexibility index (Phi) is 2.46. The summed E-state index contributed by atoms with van der Waals surface area (Å²) in [6, 6.07) is 0. The fourth-order valence-electron chi connectivity index (χ4n) is 2.74. The van der Waals surface area contributed by atoms with Crippen LogP contribution in [0.3, 0.4) is 0 Å². The lowest BCUT2D eigenvalue weighted by molar-refractivity contribution is 0.0129. The smallest absolute Gasteiger partial charge is 0.0856 e. The molecule has 2 aliphatic rings. The van der Waals surface area contributed by atoms with Gasteiger partial charge >= 0.3 is 0 Å². The van der Waals surface area contributed by atoms with Crippen molar-refractivity contribution >= 4 is 0 Å². The van der Waals surface area contributed by atoms with Gasteiger partial charge in [0.05, 0.1) is 5.60 Å². The number of rotatable bonds is 1. The van der Waals surface area contributed by atoms with Crippen LogP contribution in [0.1, 0.15) is 45.4 Å². The Morgan fingerprint density at radius 1 is 1.23 bits per heavy atom. The molecule has 1 heteroatoms. The summed E-state index contributed by atoms with van der Waals surface area (Å²) in [4.78, 5) is 0. The van der Waals surface area contributed by atoms with Gasteiger partial charge in [0.2, 0.25) is 0 Å². The van der Waals surface area contributed by atoms with Gasteiger partial charge in [0.15, 0.2) is 0 Å². The van der Waals surface area contributed by atoms with Crippen LogP contribution in [-0.2, 0) is 0 Å². The van der Waals surface area contributed by atoms with Crippen LogP contribution in [0.15, 0.2) is 12.2 Å². The van der Waals surface area contributed by atoms with Crippen LogP contribution in [0, 0.1) is 11.8 Å². The summed E-state index contributed by atoms with van der Waals surface area (Å²) in [5, 5.41) is 10.4. The Bertz CT molecular complexity index is 203. The number of hydrogen-bond acceptors (Lipinski definition) is 1. The minimum atomic E-state index is -0.441. The van der Waals surface area contributed by atoms with Crippen molar-refractivity contribution < 1.29 is 5.11 Å². The third kappa shape index (κ3) is 1.80. The molecule has 2 atom stereocenters. The van der Waals surface area contributed by atoms with Gasteiger partial charge in [-0.05, 0) is 37.5 Å². The molecular formula is C12H20O. The van der Waals surface area contributed by atoms with Crippen LogP contribution in [0.2, 0.25) is 0 Å². The van der Waals surface area contributed by atoms with E-state index in [2.05, 4.69) is 19.1 Å². The molecule has 0 spiro atoms. The van der Waals surface area contributed by atoms with Gasteiger partial charge in [0.25, 0.3) is 0 Å². The van der Waals surface area contributed by atoms with E-state index < -0.39 is 5.60 Å².